The average Bonchev–Trinajstić information content (AvgIpc) is 2.87. The number of aromatic nitrogens is 1. The van der Waals surface area contributed by atoms with Gasteiger partial charge in [-0.1, -0.05) is 32.0 Å². The van der Waals surface area contributed by atoms with Crippen molar-refractivity contribution in [3.63, 3.8) is 0 Å². The van der Waals surface area contributed by atoms with Crippen molar-refractivity contribution in [3.8, 4) is 0 Å². The standard InChI is InChI=1S/C15H18F2N2O3S/c1-15(2,3)14(12-5-4-10(16)8-13(12)17)19-23(20,21)9-11-6-7-22-18-11/h4-8,14,19H,9H2,1-3H3. The van der Waals surface area contributed by atoms with Gasteiger partial charge in [0.05, 0.1) is 11.7 Å². The van der Waals surface area contributed by atoms with Crippen molar-refractivity contribution in [2.24, 2.45) is 5.41 Å². The van der Waals surface area contributed by atoms with Gasteiger partial charge in [0.25, 0.3) is 0 Å². The number of sulfonamides is 1. The molecule has 126 valence electrons. The SMILES string of the molecule is CC(C)(C)C(NS(=O)(=O)Cc1ccon1)c1ccc(F)cc1F. The molecule has 0 saturated heterocycles. The second kappa shape index (κ2) is 6.37. The molecule has 0 aliphatic rings. The van der Waals surface area contributed by atoms with E-state index in [1.165, 1.54) is 18.4 Å². The summed E-state index contributed by atoms with van der Waals surface area (Å²) >= 11 is 0. The summed E-state index contributed by atoms with van der Waals surface area (Å²) in [5.41, 5.74) is -0.303. The molecule has 1 heterocycles. The zero-order chi connectivity index (χ0) is 17.3. The Morgan fingerprint density at radius 2 is 1.96 bits per heavy atom. The molecule has 0 aliphatic carbocycles. The first-order valence-corrected chi connectivity index (χ1v) is 8.58. The highest BCUT2D eigenvalue weighted by Crippen LogP contribution is 2.35. The number of hydrogen-bond acceptors (Lipinski definition) is 4. The summed E-state index contributed by atoms with van der Waals surface area (Å²) in [5.74, 6) is -1.91. The molecule has 8 heteroatoms. The Kier molecular flexibility index (Phi) is 4.86. The molecular weight excluding hydrogens is 326 g/mol. The second-order valence-corrected chi connectivity index (χ2v) is 8.09. The molecule has 0 radical (unpaired) electrons. The van der Waals surface area contributed by atoms with Crippen LogP contribution < -0.4 is 4.72 Å². The van der Waals surface area contributed by atoms with Crippen LogP contribution in [0.4, 0.5) is 8.78 Å². The van der Waals surface area contributed by atoms with Crippen LogP contribution in [-0.4, -0.2) is 13.6 Å². The van der Waals surface area contributed by atoms with Crippen LogP contribution in [-0.2, 0) is 15.8 Å². The van der Waals surface area contributed by atoms with Crippen molar-refractivity contribution in [1.82, 2.24) is 9.88 Å². The van der Waals surface area contributed by atoms with Crippen LogP contribution in [0.1, 0.15) is 38.1 Å². The molecule has 0 fully saturated rings. The highest BCUT2D eigenvalue weighted by atomic mass is 32.2. The summed E-state index contributed by atoms with van der Waals surface area (Å²) in [6, 6.07) is 3.66. The normalized spacial score (nSPS) is 14.0. The van der Waals surface area contributed by atoms with Crippen LogP contribution in [0.3, 0.4) is 0 Å². The fourth-order valence-electron chi connectivity index (χ4n) is 2.17. The minimum atomic E-state index is -3.79. The summed E-state index contributed by atoms with van der Waals surface area (Å²) in [6.07, 6.45) is 1.27. The number of benzene rings is 1. The average molecular weight is 344 g/mol. The fourth-order valence-corrected chi connectivity index (χ4v) is 3.63. The summed E-state index contributed by atoms with van der Waals surface area (Å²) in [4.78, 5) is 0. The van der Waals surface area contributed by atoms with E-state index in [0.717, 1.165) is 12.1 Å². The zero-order valence-electron chi connectivity index (χ0n) is 13.0. The molecule has 1 atom stereocenters. The summed E-state index contributed by atoms with van der Waals surface area (Å²) in [7, 11) is -3.79. The van der Waals surface area contributed by atoms with E-state index in [1.54, 1.807) is 20.8 Å². The smallest absolute Gasteiger partial charge is 0.218 e. The molecule has 0 bridgehead atoms. The van der Waals surface area contributed by atoms with Gasteiger partial charge in [-0.25, -0.2) is 21.9 Å². The molecule has 23 heavy (non-hydrogen) atoms. The third-order valence-corrected chi connectivity index (χ3v) is 4.54. The maximum absolute atomic E-state index is 14.1. The lowest BCUT2D eigenvalue weighted by atomic mass is 9.83. The number of halogens is 2. The van der Waals surface area contributed by atoms with E-state index in [1.807, 2.05) is 0 Å². The van der Waals surface area contributed by atoms with Crippen LogP contribution in [0.2, 0.25) is 0 Å². The predicted molar refractivity (Wildman–Crippen MR) is 80.8 cm³/mol. The Hall–Kier alpha value is -1.80. The number of rotatable bonds is 5. The first kappa shape index (κ1) is 17.6. The van der Waals surface area contributed by atoms with Crippen molar-refractivity contribution in [3.05, 3.63) is 53.4 Å². The first-order chi connectivity index (χ1) is 10.6. The van der Waals surface area contributed by atoms with Gasteiger partial charge in [0.15, 0.2) is 0 Å². The molecule has 1 unspecified atom stereocenters. The first-order valence-electron chi connectivity index (χ1n) is 6.93. The minimum absolute atomic E-state index is 0.0858. The third kappa shape index (κ3) is 4.59. The maximum Gasteiger partial charge on any atom is 0.218 e. The predicted octanol–water partition coefficient (Wildman–Crippen LogP) is 3.16. The molecule has 0 saturated carbocycles. The second-order valence-electron chi connectivity index (χ2n) is 6.33. The van der Waals surface area contributed by atoms with E-state index in [2.05, 4.69) is 14.4 Å². The van der Waals surface area contributed by atoms with E-state index < -0.39 is 33.1 Å². The van der Waals surface area contributed by atoms with E-state index >= 15 is 0 Å². The van der Waals surface area contributed by atoms with Gasteiger partial charge in [-0.2, -0.15) is 0 Å². The summed E-state index contributed by atoms with van der Waals surface area (Å²) < 4.78 is 58.9. The van der Waals surface area contributed by atoms with Gasteiger partial charge in [0, 0.05) is 17.7 Å². The molecule has 1 aromatic heterocycles. The quantitative estimate of drug-likeness (QED) is 0.904. The zero-order valence-corrected chi connectivity index (χ0v) is 13.8. The molecule has 2 rings (SSSR count). The van der Waals surface area contributed by atoms with Gasteiger partial charge < -0.3 is 4.52 Å². The Morgan fingerprint density at radius 3 is 2.48 bits per heavy atom. The Morgan fingerprint density at radius 1 is 1.26 bits per heavy atom. The lowest BCUT2D eigenvalue weighted by Crippen LogP contribution is -2.37. The highest BCUT2D eigenvalue weighted by Gasteiger charge is 2.32. The molecule has 1 N–H and O–H groups in total. The topological polar surface area (TPSA) is 72.2 Å². The number of nitrogens with zero attached hydrogens (tertiary/aromatic N) is 1. The highest BCUT2D eigenvalue weighted by molar-refractivity contribution is 7.88. The van der Waals surface area contributed by atoms with Gasteiger partial charge >= 0.3 is 0 Å². The number of hydrogen-bond donors (Lipinski definition) is 1. The Balaban J connectivity index is 2.33. The molecule has 0 aliphatic heterocycles. The molecule has 2 aromatic rings. The Bertz CT molecular complexity index is 769. The van der Waals surface area contributed by atoms with Crippen molar-refractivity contribution in [2.75, 3.05) is 0 Å². The lowest BCUT2D eigenvalue weighted by molar-refractivity contribution is 0.296. The van der Waals surface area contributed by atoms with Crippen molar-refractivity contribution in [2.45, 2.75) is 32.6 Å². The van der Waals surface area contributed by atoms with E-state index in [0.29, 0.717) is 0 Å². The van der Waals surface area contributed by atoms with Gasteiger partial charge in [-0.05, 0) is 11.5 Å². The monoisotopic (exact) mass is 344 g/mol. The summed E-state index contributed by atoms with van der Waals surface area (Å²) in [6.45, 7) is 5.29. The van der Waals surface area contributed by atoms with E-state index in [-0.39, 0.29) is 17.0 Å². The molecule has 0 amide bonds. The van der Waals surface area contributed by atoms with E-state index in [4.69, 9.17) is 0 Å². The molecule has 5 nitrogen and oxygen atoms in total. The van der Waals surface area contributed by atoms with Crippen molar-refractivity contribution < 1.29 is 21.7 Å². The number of nitrogens with one attached hydrogen (secondary N) is 1. The van der Waals surface area contributed by atoms with Crippen molar-refractivity contribution >= 4 is 10.0 Å². The largest absolute Gasteiger partial charge is 0.364 e. The van der Waals surface area contributed by atoms with E-state index in [9.17, 15) is 17.2 Å². The molecule has 0 spiro atoms. The van der Waals surface area contributed by atoms with Gasteiger partial charge in [0.1, 0.15) is 23.7 Å². The van der Waals surface area contributed by atoms with Crippen LogP contribution in [0, 0.1) is 17.0 Å². The molecular formula is C15H18F2N2O3S. The van der Waals surface area contributed by atoms with Gasteiger partial charge in [-0.15, -0.1) is 0 Å². The Labute approximate surface area is 133 Å². The van der Waals surface area contributed by atoms with Crippen LogP contribution in [0.15, 0.2) is 35.1 Å². The third-order valence-electron chi connectivity index (χ3n) is 3.27. The summed E-state index contributed by atoms with van der Waals surface area (Å²) in [5, 5.41) is 3.55. The minimum Gasteiger partial charge on any atom is -0.364 e. The molecule has 1 aromatic carbocycles. The van der Waals surface area contributed by atoms with Crippen LogP contribution in [0.25, 0.3) is 0 Å². The lowest BCUT2D eigenvalue weighted by Gasteiger charge is -2.31. The van der Waals surface area contributed by atoms with Crippen LogP contribution >= 0.6 is 0 Å². The van der Waals surface area contributed by atoms with Gasteiger partial charge in [-0.3, -0.25) is 0 Å². The van der Waals surface area contributed by atoms with Crippen molar-refractivity contribution in [1.29, 1.82) is 0 Å². The van der Waals surface area contributed by atoms with Gasteiger partial charge in [0.2, 0.25) is 10.0 Å². The maximum atomic E-state index is 14.1. The fraction of sp³-hybridized carbons (Fsp3) is 0.400. The van der Waals surface area contributed by atoms with Crippen LogP contribution in [0.5, 0.6) is 0 Å².